The Balaban J connectivity index is 1.21. The predicted octanol–water partition coefficient (Wildman–Crippen LogP) is 2.77. The van der Waals surface area contributed by atoms with E-state index >= 15 is 0 Å². The van der Waals surface area contributed by atoms with Crippen LogP contribution in [0.25, 0.3) is 0 Å². The van der Waals surface area contributed by atoms with Crippen molar-refractivity contribution in [3.63, 3.8) is 0 Å². The predicted molar refractivity (Wildman–Crippen MR) is 102 cm³/mol. The lowest BCUT2D eigenvalue weighted by Gasteiger charge is -2.30. The molecule has 0 aliphatic carbocycles. The molecule has 144 valence electrons. The van der Waals surface area contributed by atoms with Gasteiger partial charge in [0.1, 0.15) is 0 Å². The Bertz CT molecular complexity index is 586. The van der Waals surface area contributed by atoms with Crippen LogP contribution in [0.5, 0.6) is 11.5 Å². The molecule has 26 heavy (non-hydrogen) atoms. The SMILES string of the molecule is CC1CCN(CCCCNC(=O)NCCc2ccc3c(c2)OCO3)CC1. The molecule has 6 heteroatoms. The number of carbonyl (C=O) groups excluding carboxylic acids is 1. The molecule has 0 aromatic heterocycles. The number of nitrogens with one attached hydrogen (secondary N) is 2. The van der Waals surface area contributed by atoms with E-state index in [1.807, 2.05) is 18.2 Å². The molecular weight excluding hydrogens is 330 g/mol. The number of rotatable bonds is 8. The summed E-state index contributed by atoms with van der Waals surface area (Å²) in [6.45, 7) is 7.59. The summed E-state index contributed by atoms with van der Waals surface area (Å²) in [5, 5.41) is 5.85. The van der Waals surface area contributed by atoms with E-state index < -0.39 is 0 Å². The van der Waals surface area contributed by atoms with Crippen LogP contribution in [-0.4, -0.2) is 50.4 Å². The number of benzene rings is 1. The number of amides is 2. The van der Waals surface area contributed by atoms with Crippen LogP contribution < -0.4 is 20.1 Å². The fraction of sp³-hybridized carbons (Fsp3) is 0.650. The van der Waals surface area contributed by atoms with E-state index in [-0.39, 0.29) is 12.8 Å². The summed E-state index contributed by atoms with van der Waals surface area (Å²) in [5.41, 5.74) is 1.13. The van der Waals surface area contributed by atoms with Crippen LogP contribution in [0.3, 0.4) is 0 Å². The maximum absolute atomic E-state index is 11.8. The number of carbonyl (C=O) groups is 1. The number of fused-ring (bicyclic) bond motifs is 1. The van der Waals surface area contributed by atoms with Crippen LogP contribution in [-0.2, 0) is 6.42 Å². The molecule has 0 spiro atoms. The van der Waals surface area contributed by atoms with Gasteiger partial charge < -0.3 is 25.0 Å². The summed E-state index contributed by atoms with van der Waals surface area (Å²) in [4.78, 5) is 14.4. The first-order valence-corrected chi connectivity index (χ1v) is 9.83. The second kappa shape index (κ2) is 9.67. The van der Waals surface area contributed by atoms with Crippen LogP contribution in [0.4, 0.5) is 4.79 Å². The van der Waals surface area contributed by atoms with Crippen molar-refractivity contribution in [2.45, 2.75) is 39.0 Å². The number of nitrogens with zero attached hydrogens (tertiary/aromatic N) is 1. The van der Waals surface area contributed by atoms with Gasteiger partial charge in [0, 0.05) is 13.1 Å². The Kier molecular flexibility index (Phi) is 7.00. The minimum absolute atomic E-state index is 0.0856. The normalized spacial score (nSPS) is 17.3. The van der Waals surface area contributed by atoms with Crippen molar-refractivity contribution in [2.24, 2.45) is 5.92 Å². The van der Waals surface area contributed by atoms with Crippen molar-refractivity contribution in [1.82, 2.24) is 15.5 Å². The monoisotopic (exact) mass is 361 g/mol. The second-order valence-electron chi connectivity index (χ2n) is 7.35. The van der Waals surface area contributed by atoms with Crippen molar-refractivity contribution in [3.8, 4) is 11.5 Å². The Morgan fingerprint density at radius 2 is 1.88 bits per heavy atom. The number of ether oxygens (including phenoxy) is 2. The molecule has 0 bridgehead atoms. The van der Waals surface area contributed by atoms with Gasteiger partial charge in [-0.05, 0) is 75.4 Å². The molecule has 2 aliphatic rings. The van der Waals surface area contributed by atoms with Crippen molar-refractivity contribution < 1.29 is 14.3 Å². The average molecular weight is 361 g/mol. The quantitative estimate of drug-likeness (QED) is 0.699. The van der Waals surface area contributed by atoms with Gasteiger partial charge in [0.25, 0.3) is 0 Å². The molecule has 1 aromatic carbocycles. The largest absolute Gasteiger partial charge is 0.454 e. The Morgan fingerprint density at radius 3 is 2.73 bits per heavy atom. The summed E-state index contributed by atoms with van der Waals surface area (Å²) in [6.07, 6.45) is 5.60. The number of unbranched alkanes of at least 4 members (excludes halogenated alkanes) is 1. The van der Waals surface area contributed by atoms with E-state index in [2.05, 4.69) is 22.5 Å². The number of piperidine rings is 1. The van der Waals surface area contributed by atoms with Crippen molar-refractivity contribution in [2.75, 3.05) is 39.5 Å². The first-order valence-electron chi connectivity index (χ1n) is 9.83. The lowest BCUT2D eigenvalue weighted by Crippen LogP contribution is -2.37. The highest BCUT2D eigenvalue weighted by molar-refractivity contribution is 5.73. The first kappa shape index (κ1) is 18.8. The Morgan fingerprint density at radius 1 is 1.12 bits per heavy atom. The molecule has 2 amide bonds. The number of likely N-dealkylation sites (tertiary alicyclic amines) is 1. The smallest absolute Gasteiger partial charge is 0.314 e. The van der Waals surface area contributed by atoms with Gasteiger partial charge in [-0.3, -0.25) is 0 Å². The van der Waals surface area contributed by atoms with Crippen LogP contribution in [0.2, 0.25) is 0 Å². The first-order chi connectivity index (χ1) is 12.7. The molecule has 1 aromatic rings. The summed E-state index contributed by atoms with van der Waals surface area (Å²) in [7, 11) is 0. The second-order valence-corrected chi connectivity index (χ2v) is 7.35. The van der Waals surface area contributed by atoms with E-state index in [0.29, 0.717) is 6.54 Å². The van der Waals surface area contributed by atoms with E-state index in [0.717, 1.165) is 55.3 Å². The third-order valence-corrected chi connectivity index (χ3v) is 5.20. The lowest BCUT2D eigenvalue weighted by atomic mass is 9.99. The van der Waals surface area contributed by atoms with Gasteiger partial charge in [-0.1, -0.05) is 13.0 Å². The summed E-state index contributed by atoms with van der Waals surface area (Å²) in [5.74, 6) is 2.46. The number of urea groups is 1. The van der Waals surface area contributed by atoms with Crippen LogP contribution in [0.1, 0.15) is 38.2 Å². The van der Waals surface area contributed by atoms with Crippen molar-refractivity contribution in [1.29, 1.82) is 0 Å². The summed E-state index contributed by atoms with van der Waals surface area (Å²) >= 11 is 0. The van der Waals surface area contributed by atoms with E-state index in [9.17, 15) is 4.79 Å². The van der Waals surface area contributed by atoms with E-state index in [1.165, 1.54) is 25.9 Å². The van der Waals surface area contributed by atoms with Gasteiger partial charge in [-0.25, -0.2) is 4.79 Å². The minimum Gasteiger partial charge on any atom is -0.454 e. The highest BCUT2D eigenvalue weighted by atomic mass is 16.7. The molecule has 0 unspecified atom stereocenters. The zero-order valence-electron chi connectivity index (χ0n) is 15.8. The molecule has 1 fully saturated rings. The maximum Gasteiger partial charge on any atom is 0.314 e. The molecule has 2 aliphatic heterocycles. The number of hydrogen-bond donors (Lipinski definition) is 2. The van der Waals surface area contributed by atoms with Gasteiger partial charge >= 0.3 is 6.03 Å². The summed E-state index contributed by atoms with van der Waals surface area (Å²) in [6, 6.07) is 5.82. The zero-order valence-corrected chi connectivity index (χ0v) is 15.8. The molecule has 6 nitrogen and oxygen atoms in total. The molecule has 2 N–H and O–H groups in total. The Hall–Kier alpha value is -1.95. The van der Waals surface area contributed by atoms with Crippen LogP contribution in [0.15, 0.2) is 18.2 Å². The number of hydrogen-bond acceptors (Lipinski definition) is 4. The lowest BCUT2D eigenvalue weighted by molar-refractivity contribution is 0.174. The van der Waals surface area contributed by atoms with Crippen molar-refractivity contribution >= 4 is 6.03 Å². The topological polar surface area (TPSA) is 62.8 Å². The highest BCUT2D eigenvalue weighted by Gasteiger charge is 2.15. The molecule has 3 rings (SSSR count). The highest BCUT2D eigenvalue weighted by Crippen LogP contribution is 2.32. The van der Waals surface area contributed by atoms with Gasteiger partial charge in [-0.15, -0.1) is 0 Å². The average Bonchev–Trinajstić information content (AvgIpc) is 3.11. The van der Waals surface area contributed by atoms with Crippen LogP contribution in [0, 0.1) is 5.92 Å². The molecule has 0 atom stereocenters. The third-order valence-electron chi connectivity index (χ3n) is 5.20. The molecule has 2 heterocycles. The maximum atomic E-state index is 11.8. The third kappa shape index (κ3) is 5.80. The van der Waals surface area contributed by atoms with Crippen LogP contribution >= 0.6 is 0 Å². The van der Waals surface area contributed by atoms with Gasteiger partial charge in [0.15, 0.2) is 11.5 Å². The molecule has 0 saturated carbocycles. The summed E-state index contributed by atoms with van der Waals surface area (Å²) < 4.78 is 10.7. The van der Waals surface area contributed by atoms with E-state index in [4.69, 9.17) is 9.47 Å². The molecule has 1 saturated heterocycles. The fourth-order valence-corrected chi connectivity index (χ4v) is 3.43. The van der Waals surface area contributed by atoms with Gasteiger partial charge in [-0.2, -0.15) is 0 Å². The Labute approximate surface area is 156 Å². The van der Waals surface area contributed by atoms with Gasteiger partial charge in [0.05, 0.1) is 0 Å². The fourth-order valence-electron chi connectivity index (χ4n) is 3.43. The van der Waals surface area contributed by atoms with Crippen molar-refractivity contribution in [3.05, 3.63) is 23.8 Å². The van der Waals surface area contributed by atoms with E-state index in [1.54, 1.807) is 0 Å². The van der Waals surface area contributed by atoms with Gasteiger partial charge in [0.2, 0.25) is 6.79 Å². The standard InChI is InChI=1S/C20H31N3O3/c1-16-7-12-23(13-8-16)11-3-2-9-21-20(24)22-10-6-17-4-5-18-19(14-17)26-15-25-18/h4-5,14,16H,2-3,6-13,15H2,1H3,(H2,21,22,24). The molecule has 0 radical (unpaired) electrons. The minimum atomic E-state index is -0.0856. The molecular formula is C20H31N3O3. The zero-order chi connectivity index (χ0) is 18.2.